The highest BCUT2D eigenvalue weighted by Gasteiger charge is 2.17. The number of anilines is 1. The average Bonchev–Trinajstić information content (AvgIpc) is 2.72. The van der Waals surface area contributed by atoms with E-state index >= 15 is 0 Å². The highest BCUT2D eigenvalue weighted by molar-refractivity contribution is 5.90. The molecule has 1 aromatic heterocycles. The Morgan fingerprint density at radius 1 is 1.17 bits per heavy atom. The molecule has 30 heavy (non-hydrogen) atoms. The average molecular weight is 409 g/mol. The van der Waals surface area contributed by atoms with Crippen molar-refractivity contribution in [3.05, 3.63) is 81.0 Å². The third kappa shape index (κ3) is 4.55. The Labute approximate surface area is 170 Å². The molecule has 0 atom stereocenters. The number of urea groups is 1. The van der Waals surface area contributed by atoms with Crippen molar-refractivity contribution in [3.8, 4) is 17.3 Å². The van der Waals surface area contributed by atoms with E-state index in [2.05, 4.69) is 20.8 Å². The fraction of sp³-hybridized carbons (Fsp3) is 0.100. The number of rotatable bonds is 6. The predicted octanol–water partition coefficient (Wildman–Crippen LogP) is 1.79. The lowest BCUT2D eigenvalue weighted by Gasteiger charge is -2.13. The van der Waals surface area contributed by atoms with Crippen LogP contribution in [0.5, 0.6) is 11.6 Å². The van der Waals surface area contributed by atoms with Crippen LogP contribution in [0.1, 0.15) is 12.5 Å². The summed E-state index contributed by atoms with van der Waals surface area (Å²) in [5.74, 6) is -0.308. The highest BCUT2D eigenvalue weighted by Crippen LogP contribution is 2.25. The number of amides is 2. The number of hydrogen-bond acceptors (Lipinski definition) is 6. The van der Waals surface area contributed by atoms with Gasteiger partial charge >= 0.3 is 11.7 Å². The molecule has 4 N–H and O–H groups in total. The second kappa shape index (κ2) is 9.24. The van der Waals surface area contributed by atoms with Crippen LogP contribution in [0.4, 0.5) is 10.5 Å². The maximum atomic E-state index is 12.3. The number of H-pyrrole nitrogens is 1. The van der Waals surface area contributed by atoms with Gasteiger partial charge in [-0.1, -0.05) is 30.3 Å². The summed E-state index contributed by atoms with van der Waals surface area (Å²) in [7, 11) is 0. The molecule has 10 heteroatoms. The van der Waals surface area contributed by atoms with Crippen molar-refractivity contribution in [2.75, 3.05) is 11.9 Å². The molecule has 0 unspecified atom stereocenters. The van der Waals surface area contributed by atoms with Crippen molar-refractivity contribution in [1.82, 2.24) is 15.0 Å². The summed E-state index contributed by atoms with van der Waals surface area (Å²) in [6, 6.07) is 14.6. The summed E-state index contributed by atoms with van der Waals surface area (Å²) in [5, 5.41) is 16.8. The molecule has 2 amide bonds. The molecular formula is C20H19N5O5. The van der Waals surface area contributed by atoms with Crippen LogP contribution in [-0.4, -0.2) is 33.5 Å². The minimum absolute atomic E-state index is 0.238. The van der Waals surface area contributed by atoms with Gasteiger partial charge in [-0.2, -0.15) is 5.10 Å². The second-order valence-corrected chi connectivity index (χ2v) is 5.92. The van der Waals surface area contributed by atoms with E-state index < -0.39 is 23.2 Å². The second-order valence-electron chi connectivity index (χ2n) is 5.92. The van der Waals surface area contributed by atoms with Crippen molar-refractivity contribution >= 4 is 17.9 Å². The zero-order chi connectivity index (χ0) is 21.5. The van der Waals surface area contributed by atoms with Crippen LogP contribution in [0, 0.1) is 0 Å². The molecule has 3 rings (SSSR count). The molecule has 0 spiro atoms. The quantitative estimate of drug-likeness (QED) is 0.363. The van der Waals surface area contributed by atoms with Crippen molar-refractivity contribution in [1.29, 1.82) is 0 Å². The summed E-state index contributed by atoms with van der Waals surface area (Å²) >= 11 is 0. The van der Waals surface area contributed by atoms with Crippen LogP contribution in [0.15, 0.2) is 69.3 Å². The fourth-order valence-corrected chi connectivity index (χ4v) is 2.63. The molecule has 2 aromatic carbocycles. The van der Waals surface area contributed by atoms with Crippen LogP contribution < -0.4 is 26.7 Å². The Kier molecular flexibility index (Phi) is 6.28. The number of ether oxygens (including phenoxy) is 1. The van der Waals surface area contributed by atoms with Crippen molar-refractivity contribution in [2.45, 2.75) is 6.92 Å². The normalized spacial score (nSPS) is 10.7. The molecule has 3 aromatic rings. The van der Waals surface area contributed by atoms with Gasteiger partial charge in [0.25, 0.3) is 5.56 Å². The minimum Gasteiger partial charge on any atom is -0.493 e. The lowest BCUT2D eigenvalue weighted by molar-refractivity contribution is 0.252. The summed E-state index contributed by atoms with van der Waals surface area (Å²) in [6.45, 7) is 2.11. The van der Waals surface area contributed by atoms with Gasteiger partial charge in [0.15, 0.2) is 0 Å². The summed E-state index contributed by atoms with van der Waals surface area (Å²) < 4.78 is 6.37. The van der Waals surface area contributed by atoms with E-state index in [1.807, 2.05) is 0 Å². The number of carbonyl (C=O) groups is 1. The van der Waals surface area contributed by atoms with Gasteiger partial charge in [0.05, 0.1) is 18.5 Å². The van der Waals surface area contributed by atoms with Gasteiger partial charge in [0, 0.05) is 5.69 Å². The Morgan fingerprint density at radius 3 is 2.60 bits per heavy atom. The lowest BCUT2D eigenvalue weighted by Crippen LogP contribution is -2.32. The van der Waals surface area contributed by atoms with E-state index in [0.717, 1.165) is 10.8 Å². The fourth-order valence-electron chi connectivity index (χ4n) is 2.63. The predicted molar refractivity (Wildman–Crippen MR) is 112 cm³/mol. The molecule has 10 nitrogen and oxygen atoms in total. The number of aromatic amines is 1. The SMILES string of the molecule is CCOc1ccccc1-n1c(O)c(/C=N/NC(=O)Nc2ccccc2)c(=O)[nH]c1=O. The minimum atomic E-state index is -0.864. The van der Waals surface area contributed by atoms with E-state index in [9.17, 15) is 19.5 Å². The Balaban J connectivity index is 1.89. The van der Waals surface area contributed by atoms with Gasteiger partial charge < -0.3 is 15.2 Å². The third-order valence-corrected chi connectivity index (χ3v) is 3.92. The summed E-state index contributed by atoms with van der Waals surface area (Å²) in [4.78, 5) is 38.5. The molecular weight excluding hydrogens is 390 g/mol. The van der Waals surface area contributed by atoms with Gasteiger partial charge in [-0.05, 0) is 31.2 Å². The number of carbonyl (C=O) groups excluding carboxylic acids is 1. The zero-order valence-electron chi connectivity index (χ0n) is 16.0. The largest absolute Gasteiger partial charge is 0.493 e. The lowest BCUT2D eigenvalue weighted by atomic mass is 10.2. The number of nitrogens with one attached hydrogen (secondary N) is 3. The van der Waals surface area contributed by atoms with Gasteiger partial charge in [-0.3, -0.25) is 9.78 Å². The number of aromatic hydroxyl groups is 1. The Morgan fingerprint density at radius 2 is 1.87 bits per heavy atom. The molecule has 0 saturated carbocycles. The smallest absolute Gasteiger partial charge is 0.339 e. The maximum absolute atomic E-state index is 12.3. The molecule has 154 valence electrons. The molecule has 0 aliphatic heterocycles. The summed E-state index contributed by atoms with van der Waals surface area (Å²) in [6.07, 6.45) is 0.942. The third-order valence-electron chi connectivity index (χ3n) is 3.92. The number of nitrogens with zero attached hydrogens (tertiary/aromatic N) is 2. The first-order valence-electron chi connectivity index (χ1n) is 8.97. The standard InChI is InChI=1S/C20H19N5O5/c1-2-30-16-11-7-6-10-15(16)25-18(27)14(17(26)23-20(25)29)12-21-24-19(28)22-13-8-4-3-5-9-13/h3-12,27H,2H2,1H3,(H2,22,24,28)(H,23,26,29)/b21-12+. The van der Waals surface area contributed by atoms with Gasteiger partial charge in [-0.15, -0.1) is 0 Å². The maximum Gasteiger partial charge on any atom is 0.339 e. The molecule has 0 bridgehead atoms. The molecule has 0 aliphatic carbocycles. The molecule has 0 saturated heterocycles. The van der Waals surface area contributed by atoms with Crippen molar-refractivity contribution in [3.63, 3.8) is 0 Å². The van der Waals surface area contributed by atoms with Gasteiger partial charge in [0.1, 0.15) is 11.3 Å². The molecule has 0 fully saturated rings. The first-order valence-corrected chi connectivity index (χ1v) is 8.97. The van der Waals surface area contributed by atoms with Crippen molar-refractivity contribution in [2.24, 2.45) is 5.10 Å². The van der Waals surface area contributed by atoms with Gasteiger partial charge in [0.2, 0.25) is 5.88 Å². The number of para-hydroxylation sites is 3. The number of hydrogen-bond donors (Lipinski definition) is 4. The number of hydrazone groups is 1. The number of benzene rings is 2. The van der Waals surface area contributed by atoms with E-state index in [1.54, 1.807) is 61.5 Å². The van der Waals surface area contributed by atoms with E-state index in [1.165, 1.54) is 0 Å². The Bertz CT molecular complexity index is 1180. The van der Waals surface area contributed by atoms with Gasteiger partial charge in [-0.25, -0.2) is 19.6 Å². The zero-order valence-corrected chi connectivity index (χ0v) is 16.0. The van der Waals surface area contributed by atoms with E-state index in [0.29, 0.717) is 18.0 Å². The first-order chi connectivity index (χ1) is 14.5. The summed E-state index contributed by atoms with van der Waals surface area (Å²) in [5.41, 5.74) is 0.936. The monoisotopic (exact) mass is 409 g/mol. The number of aromatic nitrogens is 2. The van der Waals surface area contributed by atoms with Crippen LogP contribution >= 0.6 is 0 Å². The first kappa shape index (κ1) is 20.4. The van der Waals surface area contributed by atoms with Crippen LogP contribution in [-0.2, 0) is 0 Å². The van der Waals surface area contributed by atoms with Crippen LogP contribution in [0.25, 0.3) is 5.69 Å². The van der Waals surface area contributed by atoms with E-state index in [4.69, 9.17) is 4.74 Å². The Hall–Kier alpha value is -4.34. The highest BCUT2D eigenvalue weighted by atomic mass is 16.5. The van der Waals surface area contributed by atoms with Crippen LogP contribution in [0.3, 0.4) is 0 Å². The topological polar surface area (TPSA) is 138 Å². The molecule has 0 radical (unpaired) electrons. The van der Waals surface area contributed by atoms with E-state index in [-0.39, 0.29) is 11.3 Å². The molecule has 0 aliphatic rings. The molecule has 1 heterocycles. The van der Waals surface area contributed by atoms with Crippen molar-refractivity contribution < 1.29 is 14.6 Å². The van der Waals surface area contributed by atoms with Crippen LogP contribution in [0.2, 0.25) is 0 Å².